The molecule has 1 unspecified atom stereocenters. The fourth-order valence-corrected chi connectivity index (χ4v) is 3.24. The lowest BCUT2D eigenvalue weighted by molar-refractivity contribution is 0.509. The smallest absolute Gasteiger partial charge is 0.123 e. The molecule has 1 atom stereocenters. The van der Waals surface area contributed by atoms with E-state index in [1.165, 1.54) is 12.1 Å². The highest BCUT2D eigenvalue weighted by Gasteiger charge is 2.19. The number of halogens is 2. The van der Waals surface area contributed by atoms with Crippen molar-refractivity contribution in [1.82, 2.24) is 15.2 Å². The van der Waals surface area contributed by atoms with Crippen LogP contribution < -0.4 is 11.3 Å². The lowest BCUT2D eigenvalue weighted by atomic mass is 10.2. The van der Waals surface area contributed by atoms with Gasteiger partial charge in [0, 0.05) is 17.2 Å². The number of thioether (sulfide) groups is 1. The van der Waals surface area contributed by atoms with Gasteiger partial charge in [-0.25, -0.2) is 4.39 Å². The number of hydrogen-bond donors (Lipinski definition) is 2. The zero-order chi connectivity index (χ0) is 15.2. The molecule has 0 radical (unpaired) electrons. The number of aryl methyl sites for hydroxylation is 1. The molecule has 1 heterocycles. The summed E-state index contributed by atoms with van der Waals surface area (Å²) in [6.45, 7) is 2.87. The van der Waals surface area contributed by atoms with E-state index in [9.17, 15) is 4.39 Å². The van der Waals surface area contributed by atoms with Crippen molar-refractivity contribution in [2.75, 3.05) is 5.75 Å². The fraction of sp³-hybridized carbons (Fsp3) is 0.357. The van der Waals surface area contributed by atoms with Gasteiger partial charge in [-0.15, -0.1) is 11.8 Å². The van der Waals surface area contributed by atoms with Crippen molar-refractivity contribution in [3.8, 4) is 0 Å². The minimum Gasteiger partial charge on any atom is -0.271 e. The molecular weight excluding hydrogens is 311 g/mol. The predicted molar refractivity (Wildman–Crippen MR) is 84.7 cm³/mol. The molecule has 0 spiro atoms. The van der Waals surface area contributed by atoms with Crippen molar-refractivity contribution in [2.45, 2.75) is 30.8 Å². The summed E-state index contributed by atoms with van der Waals surface area (Å²) < 4.78 is 14.8. The molecule has 7 heteroatoms. The summed E-state index contributed by atoms with van der Waals surface area (Å²) in [5.41, 5.74) is 3.67. The number of nitrogens with zero attached hydrogens (tertiary/aromatic N) is 2. The van der Waals surface area contributed by atoms with Gasteiger partial charge in [-0.05, 0) is 30.7 Å². The Labute approximate surface area is 132 Å². The zero-order valence-electron chi connectivity index (χ0n) is 11.7. The Bertz CT molecular complexity index is 573. The molecule has 0 saturated carbocycles. The summed E-state index contributed by atoms with van der Waals surface area (Å²) in [6.07, 6.45) is 2.60. The molecule has 2 rings (SSSR count). The van der Waals surface area contributed by atoms with Gasteiger partial charge in [0.15, 0.2) is 0 Å². The fourth-order valence-electron chi connectivity index (χ4n) is 2.02. The maximum absolute atomic E-state index is 12.9. The van der Waals surface area contributed by atoms with Crippen LogP contribution >= 0.6 is 23.4 Å². The summed E-state index contributed by atoms with van der Waals surface area (Å²) in [5.74, 6) is 6.10. The molecule has 2 aromatic rings. The van der Waals surface area contributed by atoms with Crippen LogP contribution in [0.4, 0.5) is 4.39 Å². The number of aromatic nitrogens is 2. The first-order valence-electron chi connectivity index (χ1n) is 6.71. The maximum atomic E-state index is 12.9. The van der Waals surface area contributed by atoms with Gasteiger partial charge in [0.2, 0.25) is 0 Å². The van der Waals surface area contributed by atoms with Crippen LogP contribution in [0.3, 0.4) is 0 Å². The average Bonchev–Trinajstić information content (AvgIpc) is 2.84. The number of rotatable bonds is 7. The topological polar surface area (TPSA) is 55.9 Å². The van der Waals surface area contributed by atoms with Crippen molar-refractivity contribution in [1.29, 1.82) is 0 Å². The lowest BCUT2D eigenvalue weighted by Crippen LogP contribution is -2.31. The molecule has 1 aromatic heterocycles. The third kappa shape index (κ3) is 4.20. The number of nitrogens with one attached hydrogen (secondary N) is 1. The van der Waals surface area contributed by atoms with E-state index in [1.807, 2.05) is 4.68 Å². The van der Waals surface area contributed by atoms with Crippen LogP contribution in [0.2, 0.25) is 5.02 Å². The highest BCUT2D eigenvalue weighted by molar-refractivity contribution is 7.99. The molecule has 0 aliphatic rings. The Hall–Kier alpha value is -1.08. The SMILES string of the molecule is CCCn1ncc(Cl)c1C(CSc1ccc(F)cc1)NN. The number of nitrogens with two attached hydrogens (primary N) is 1. The highest BCUT2D eigenvalue weighted by atomic mass is 35.5. The molecule has 1 aromatic carbocycles. The first kappa shape index (κ1) is 16.3. The number of hydrogen-bond acceptors (Lipinski definition) is 4. The molecule has 0 bridgehead atoms. The van der Waals surface area contributed by atoms with Crippen LogP contribution in [0.15, 0.2) is 35.4 Å². The Morgan fingerprint density at radius 2 is 2.14 bits per heavy atom. The second kappa shape index (κ2) is 7.79. The van der Waals surface area contributed by atoms with E-state index in [-0.39, 0.29) is 11.9 Å². The minimum atomic E-state index is -0.239. The van der Waals surface area contributed by atoms with Crippen molar-refractivity contribution >= 4 is 23.4 Å². The van der Waals surface area contributed by atoms with E-state index in [0.29, 0.717) is 10.8 Å². The molecule has 114 valence electrons. The minimum absolute atomic E-state index is 0.124. The summed E-state index contributed by atoms with van der Waals surface area (Å²) in [4.78, 5) is 0.981. The van der Waals surface area contributed by atoms with Crippen LogP contribution in [0.1, 0.15) is 25.1 Å². The van der Waals surface area contributed by atoms with Crippen molar-refractivity contribution in [3.05, 3.63) is 47.0 Å². The Morgan fingerprint density at radius 3 is 2.76 bits per heavy atom. The second-order valence-corrected chi connectivity index (χ2v) is 6.09. The largest absolute Gasteiger partial charge is 0.271 e. The van der Waals surface area contributed by atoms with Gasteiger partial charge in [0.25, 0.3) is 0 Å². The van der Waals surface area contributed by atoms with E-state index in [4.69, 9.17) is 17.4 Å². The highest BCUT2D eigenvalue weighted by Crippen LogP contribution is 2.28. The van der Waals surface area contributed by atoms with Crippen LogP contribution in [0.25, 0.3) is 0 Å². The van der Waals surface area contributed by atoms with E-state index >= 15 is 0 Å². The van der Waals surface area contributed by atoms with Crippen LogP contribution in [0.5, 0.6) is 0 Å². The first-order valence-corrected chi connectivity index (χ1v) is 8.07. The average molecular weight is 329 g/mol. The van der Waals surface area contributed by atoms with Crippen LogP contribution in [-0.4, -0.2) is 15.5 Å². The molecule has 0 aliphatic heterocycles. The van der Waals surface area contributed by atoms with Gasteiger partial charge in [-0.2, -0.15) is 5.10 Å². The van der Waals surface area contributed by atoms with Gasteiger partial charge in [0.1, 0.15) is 5.82 Å². The third-order valence-electron chi connectivity index (χ3n) is 3.03. The van der Waals surface area contributed by atoms with Gasteiger partial charge in [-0.1, -0.05) is 18.5 Å². The Morgan fingerprint density at radius 1 is 1.43 bits per heavy atom. The Kier molecular flexibility index (Phi) is 6.05. The molecule has 3 N–H and O–H groups in total. The molecule has 4 nitrogen and oxygen atoms in total. The van der Waals surface area contributed by atoms with Gasteiger partial charge < -0.3 is 0 Å². The molecule has 0 saturated heterocycles. The molecule has 0 aliphatic carbocycles. The molecule has 21 heavy (non-hydrogen) atoms. The second-order valence-electron chi connectivity index (χ2n) is 4.59. The van der Waals surface area contributed by atoms with E-state index in [2.05, 4.69) is 17.4 Å². The van der Waals surface area contributed by atoms with Crippen molar-refractivity contribution < 1.29 is 4.39 Å². The van der Waals surface area contributed by atoms with E-state index < -0.39 is 0 Å². The third-order valence-corrected chi connectivity index (χ3v) is 4.43. The Balaban J connectivity index is 2.09. The maximum Gasteiger partial charge on any atom is 0.123 e. The summed E-state index contributed by atoms with van der Waals surface area (Å²) in [7, 11) is 0. The monoisotopic (exact) mass is 328 g/mol. The molecule has 0 amide bonds. The predicted octanol–water partition coefficient (Wildman–Crippen LogP) is 3.38. The normalized spacial score (nSPS) is 12.6. The number of hydrazine groups is 1. The van der Waals surface area contributed by atoms with Crippen LogP contribution in [-0.2, 0) is 6.54 Å². The summed E-state index contributed by atoms with van der Waals surface area (Å²) >= 11 is 7.81. The van der Waals surface area contributed by atoms with Gasteiger partial charge >= 0.3 is 0 Å². The number of benzene rings is 1. The quantitative estimate of drug-likeness (QED) is 0.465. The summed E-state index contributed by atoms with van der Waals surface area (Å²) in [6, 6.07) is 6.27. The molecular formula is C14H18ClFN4S. The zero-order valence-corrected chi connectivity index (χ0v) is 13.3. The van der Waals surface area contributed by atoms with E-state index in [1.54, 1.807) is 30.1 Å². The lowest BCUT2D eigenvalue weighted by Gasteiger charge is -2.18. The van der Waals surface area contributed by atoms with Crippen molar-refractivity contribution in [3.63, 3.8) is 0 Å². The van der Waals surface area contributed by atoms with Gasteiger partial charge in [-0.3, -0.25) is 16.0 Å². The van der Waals surface area contributed by atoms with E-state index in [0.717, 1.165) is 23.6 Å². The standard InChI is InChI=1S/C14H18ClFN4S/c1-2-7-20-14(12(15)8-18-20)13(19-17)9-21-11-5-3-10(16)4-6-11/h3-6,8,13,19H,2,7,9,17H2,1H3. The van der Waals surface area contributed by atoms with Crippen LogP contribution in [0, 0.1) is 5.82 Å². The summed E-state index contributed by atoms with van der Waals surface area (Å²) in [5, 5.41) is 4.87. The van der Waals surface area contributed by atoms with Crippen molar-refractivity contribution in [2.24, 2.45) is 5.84 Å². The first-order chi connectivity index (χ1) is 10.2. The molecule has 0 fully saturated rings. The van der Waals surface area contributed by atoms with Gasteiger partial charge in [0.05, 0.1) is 23.0 Å².